The molecule has 0 bridgehead atoms. The van der Waals surface area contributed by atoms with E-state index in [1.807, 2.05) is 0 Å². The first-order valence-electron chi connectivity index (χ1n) is 30.6. The number of carbonyl (C=O) groups excluding carboxylic acids is 3. The summed E-state index contributed by atoms with van der Waals surface area (Å²) < 4.78 is 16.8. The summed E-state index contributed by atoms with van der Waals surface area (Å²) in [5.74, 6) is -0.946. The SMILES string of the molecule is CC/C=C\C/C=C\C/C=C\C/C=C\CCCCC(=O)OC(COC(=O)CCCCCCC/C=C\C/C=C\CCCC)COC(=O)CCCCCCCCCCCCCCC/C=C\CCCCCCCCCC. The van der Waals surface area contributed by atoms with Crippen LogP contribution >= 0.6 is 0 Å². The van der Waals surface area contributed by atoms with Crippen molar-refractivity contribution in [2.75, 3.05) is 13.2 Å². The minimum Gasteiger partial charge on any atom is -0.462 e. The van der Waals surface area contributed by atoms with Gasteiger partial charge in [-0.2, -0.15) is 0 Å². The number of unbranched alkanes of at least 4 members (excludes halogenated alkanes) is 30. The highest BCUT2D eigenvalue weighted by atomic mass is 16.6. The van der Waals surface area contributed by atoms with Crippen LogP contribution in [0.25, 0.3) is 0 Å². The molecule has 414 valence electrons. The largest absolute Gasteiger partial charge is 0.462 e. The number of hydrogen-bond donors (Lipinski definition) is 0. The van der Waals surface area contributed by atoms with Crippen LogP contribution in [-0.2, 0) is 28.6 Å². The lowest BCUT2D eigenvalue weighted by atomic mass is 10.0. The Kier molecular flexibility index (Phi) is 57.3. The Morgan fingerprint density at radius 1 is 0.292 bits per heavy atom. The Balaban J connectivity index is 4.32. The quantitative estimate of drug-likeness (QED) is 0.0261. The number of allylic oxidation sites excluding steroid dienone is 14. The van der Waals surface area contributed by atoms with E-state index in [9.17, 15) is 14.4 Å². The van der Waals surface area contributed by atoms with E-state index in [-0.39, 0.29) is 37.5 Å². The molecule has 0 fully saturated rings. The molecule has 0 aromatic rings. The molecule has 0 heterocycles. The van der Waals surface area contributed by atoms with E-state index in [1.54, 1.807) is 0 Å². The predicted molar refractivity (Wildman–Crippen MR) is 311 cm³/mol. The van der Waals surface area contributed by atoms with E-state index in [4.69, 9.17) is 14.2 Å². The standard InChI is InChI=1S/C66H114O6/c1-4-7-10-13-16-19-22-25-28-29-30-31-32-33-34-35-36-37-39-41-44-47-50-53-56-59-65(68)71-62-63(61-70-64(67)58-55-52-49-46-43-40-27-24-21-18-15-12-9-6-3)72-66(69)60-57-54-51-48-45-42-38-26-23-20-17-14-11-8-5-2/h8,11,15,17-18,20,24,26-27,29-30,38,45,48,63H,4-7,9-10,12-14,16,19,21-23,25,28,31-37,39-44,46-47,49-62H2,1-3H3/b11-8-,18-15-,20-17-,27-24-,30-29-,38-26-,48-45-. The highest BCUT2D eigenvalue weighted by Crippen LogP contribution is 2.16. The van der Waals surface area contributed by atoms with Crippen LogP contribution in [-0.4, -0.2) is 37.2 Å². The lowest BCUT2D eigenvalue weighted by Gasteiger charge is -2.18. The number of ether oxygens (including phenoxy) is 3. The highest BCUT2D eigenvalue weighted by Gasteiger charge is 2.19. The summed E-state index contributed by atoms with van der Waals surface area (Å²) in [4.78, 5) is 38.2. The second kappa shape index (κ2) is 60.1. The second-order valence-corrected chi connectivity index (χ2v) is 20.2. The fraction of sp³-hybridized carbons (Fsp3) is 0.742. The fourth-order valence-electron chi connectivity index (χ4n) is 8.50. The first kappa shape index (κ1) is 68.6. The minimum atomic E-state index is -0.805. The Morgan fingerprint density at radius 2 is 0.556 bits per heavy atom. The van der Waals surface area contributed by atoms with Crippen molar-refractivity contribution in [2.45, 2.75) is 303 Å². The maximum atomic E-state index is 12.8. The molecule has 0 amide bonds. The van der Waals surface area contributed by atoms with Crippen LogP contribution in [0.1, 0.15) is 297 Å². The zero-order valence-electron chi connectivity index (χ0n) is 47.4. The second-order valence-electron chi connectivity index (χ2n) is 20.2. The number of hydrogen-bond acceptors (Lipinski definition) is 6. The van der Waals surface area contributed by atoms with E-state index in [0.717, 1.165) is 103 Å². The van der Waals surface area contributed by atoms with Crippen molar-refractivity contribution < 1.29 is 28.6 Å². The van der Waals surface area contributed by atoms with Crippen LogP contribution in [0.3, 0.4) is 0 Å². The number of rotatable bonds is 55. The molecule has 0 aliphatic heterocycles. The van der Waals surface area contributed by atoms with Crippen LogP contribution in [0.4, 0.5) is 0 Å². The molecule has 0 aliphatic rings. The summed E-state index contributed by atoms with van der Waals surface area (Å²) in [7, 11) is 0. The van der Waals surface area contributed by atoms with Crippen molar-refractivity contribution in [3.8, 4) is 0 Å². The van der Waals surface area contributed by atoms with Gasteiger partial charge in [-0.25, -0.2) is 0 Å². The summed E-state index contributed by atoms with van der Waals surface area (Å²) in [6.07, 6.45) is 78.8. The van der Waals surface area contributed by atoms with Crippen LogP contribution in [0.5, 0.6) is 0 Å². The zero-order valence-corrected chi connectivity index (χ0v) is 47.4. The lowest BCUT2D eigenvalue weighted by molar-refractivity contribution is -0.167. The summed E-state index contributed by atoms with van der Waals surface area (Å²) in [6, 6.07) is 0. The minimum absolute atomic E-state index is 0.0970. The van der Waals surface area contributed by atoms with Gasteiger partial charge in [0.1, 0.15) is 13.2 Å². The Morgan fingerprint density at radius 3 is 0.931 bits per heavy atom. The molecular weight excluding hydrogens is 889 g/mol. The Bertz CT molecular complexity index is 1380. The maximum absolute atomic E-state index is 12.8. The van der Waals surface area contributed by atoms with Crippen LogP contribution < -0.4 is 0 Å². The van der Waals surface area contributed by atoms with E-state index in [0.29, 0.717) is 19.3 Å². The van der Waals surface area contributed by atoms with Crippen molar-refractivity contribution in [2.24, 2.45) is 0 Å². The predicted octanol–water partition coefficient (Wildman–Crippen LogP) is 20.7. The smallest absolute Gasteiger partial charge is 0.306 e. The third-order valence-corrected chi connectivity index (χ3v) is 13.1. The van der Waals surface area contributed by atoms with Crippen LogP contribution in [0, 0.1) is 0 Å². The van der Waals surface area contributed by atoms with E-state index < -0.39 is 6.10 Å². The van der Waals surface area contributed by atoms with Crippen LogP contribution in [0.15, 0.2) is 85.1 Å². The molecule has 0 saturated carbocycles. The molecule has 0 spiro atoms. The van der Waals surface area contributed by atoms with Gasteiger partial charge < -0.3 is 14.2 Å². The van der Waals surface area contributed by atoms with Crippen molar-refractivity contribution in [1.29, 1.82) is 0 Å². The zero-order chi connectivity index (χ0) is 52.2. The molecule has 72 heavy (non-hydrogen) atoms. The highest BCUT2D eigenvalue weighted by molar-refractivity contribution is 5.71. The van der Waals surface area contributed by atoms with Gasteiger partial charge in [-0.1, -0.05) is 254 Å². The molecule has 0 N–H and O–H groups in total. The first-order valence-corrected chi connectivity index (χ1v) is 30.6. The van der Waals surface area contributed by atoms with Gasteiger partial charge in [0.2, 0.25) is 0 Å². The third kappa shape index (κ3) is 57.5. The van der Waals surface area contributed by atoms with Crippen LogP contribution in [0.2, 0.25) is 0 Å². The van der Waals surface area contributed by atoms with Gasteiger partial charge in [-0.3, -0.25) is 14.4 Å². The van der Waals surface area contributed by atoms with Crippen molar-refractivity contribution in [3.63, 3.8) is 0 Å². The molecule has 1 atom stereocenters. The van der Waals surface area contributed by atoms with Gasteiger partial charge in [0.15, 0.2) is 6.10 Å². The topological polar surface area (TPSA) is 78.9 Å². The van der Waals surface area contributed by atoms with Crippen molar-refractivity contribution in [3.05, 3.63) is 85.1 Å². The van der Waals surface area contributed by atoms with Gasteiger partial charge >= 0.3 is 17.9 Å². The summed E-state index contributed by atoms with van der Waals surface area (Å²) >= 11 is 0. The summed E-state index contributed by atoms with van der Waals surface area (Å²) in [5, 5.41) is 0. The van der Waals surface area contributed by atoms with Gasteiger partial charge in [0.05, 0.1) is 0 Å². The molecule has 0 radical (unpaired) electrons. The molecule has 0 rings (SSSR count). The number of esters is 3. The average molecular weight is 1000 g/mol. The molecule has 1 unspecified atom stereocenters. The van der Waals surface area contributed by atoms with Gasteiger partial charge in [-0.15, -0.1) is 0 Å². The maximum Gasteiger partial charge on any atom is 0.306 e. The first-order chi connectivity index (χ1) is 35.5. The lowest BCUT2D eigenvalue weighted by Crippen LogP contribution is -2.30. The molecular formula is C66H114O6. The molecule has 0 aliphatic carbocycles. The molecule has 6 nitrogen and oxygen atoms in total. The van der Waals surface area contributed by atoms with Crippen molar-refractivity contribution >= 4 is 17.9 Å². The molecule has 0 aromatic heterocycles. The van der Waals surface area contributed by atoms with Gasteiger partial charge in [0, 0.05) is 19.3 Å². The van der Waals surface area contributed by atoms with Gasteiger partial charge in [0.25, 0.3) is 0 Å². The normalized spacial score (nSPS) is 12.7. The van der Waals surface area contributed by atoms with E-state index >= 15 is 0 Å². The molecule has 0 aromatic carbocycles. The summed E-state index contributed by atoms with van der Waals surface area (Å²) in [5.41, 5.74) is 0. The average Bonchev–Trinajstić information content (AvgIpc) is 3.38. The molecule has 6 heteroatoms. The Hall–Kier alpha value is -3.41. The van der Waals surface area contributed by atoms with Crippen molar-refractivity contribution in [1.82, 2.24) is 0 Å². The van der Waals surface area contributed by atoms with E-state index in [1.165, 1.54) is 148 Å². The number of carbonyl (C=O) groups is 3. The van der Waals surface area contributed by atoms with Gasteiger partial charge in [-0.05, 0) is 109 Å². The third-order valence-electron chi connectivity index (χ3n) is 13.1. The van der Waals surface area contributed by atoms with E-state index in [2.05, 4.69) is 106 Å². The Labute approximate surface area is 445 Å². The fourth-order valence-corrected chi connectivity index (χ4v) is 8.50. The monoisotopic (exact) mass is 1000 g/mol. The summed E-state index contributed by atoms with van der Waals surface area (Å²) in [6.45, 7) is 6.46. The molecule has 0 saturated heterocycles.